The van der Waals surface area contributed by atoms with E-state index in [0.29, 0.717) is 23.9 Å². The third-order valence-corrected chi connectivity index (χ3v) is 3.63. The fraction of sp³-hybridized carbons (Fsp3) is 0.562. The van der Waals surface area contributed by atoms with E-state index in [2.05, 4.69) is 18.7 Å². The summed E-state index contributed by atoms with van der Waals surface area (Å²) in [5, 5.41) is 0. The van der Waals surface area contributed by atoms with Crippen LogP contribution in [0.1, 0.15) is 44.0 Å². The molecule has 0 atom stereocenters. The average Bonchev–Trinajstić information content (AvgIpc) is 3.21. The summed E-state index contributed by atoms with van der Waals surface area (Å²) in [6.07, 6.45) is 2.58. The molecule has 0 saturated heterocycles. The molecular weight excluding hydrogens is 252 g/mol. The molecule has 110 valence electrons. The monoisotopic (exact) mass is 276 g/mol. The molecule has 1 saturated carbocycles. The van der Waals surface area contributed by atoms with E-state index < -0.39 is 0 Å². The summed E-state index contributed by atoms with van der Waals surface area (Å²) in [7, 11) is 0. The first-order chi connectivity index (χ1) is 9.52. The fourth-order valence-corrected chi connectivity index (χ4v) is 2.30. The summed E-state index contributed by atoms with van der Waals surface area (Å²) in [5.74, 6) is 0.479. The number of carbonyl (C=O) groups excluding carboxylic acids is 1. The van der Waals surface area contributed by atoms with Crippen molar-refractivity contribution in [2.24, 2.45) is 5.92 Å². The van der Waals surface area contributed by atoms with E-state index in [9.17, 15) is 4.79 Å². The van der Waals surface area contributed by atoms with Crippen LogP contribution in [-0.4, -0.2) is 25.2 Å². The first-order valence-electron chi connectivity index (χ1n) is 7.36. The molecule has 0 unspecified atom stereocenters. The summed E-state index contributed by atoms with van der Waals surface area (Å²) in [6.45, 7) is 7.50. The minimum atomic E-state index is -0.288. The third-order valence-electron chi connectivity index (χ3n) is 3.63. The molecule has 0 bridgehead atoms. The van der Waals surface area contributed by atoms with E-state index in [1.54, 1.807) is 12.1 Å². The fourth-order valence-electron chi connectivity index (χ4n) is 2.30. The number of hydrogen-bond acceptors (Lipinski definition) is 4. The van der Waals surface area contributed by atoms with Crippen LogP contribution in [0.2, 0.25) is 0 Å². The van der Waals surface area contributed by atoms with Crippen molar-refractivity contribution >= 4 is 17.3 Å². The highest BCUT2D eigenvalue weighted by Crippen LogP contribution is 2.34. The van der Waals surface area contributed by atoms with E-state index in [-0.39, 0.29) is 5.97 Å². The Bertz CT molecular complexity index is 481. The molecule has 0 aliphatic heterocycles. The maximum absolute atomic E-state index is 11.9. The van der Waals surface area contributed by atoms with Crippen LogP contribution in [0.4, 0.5) is 11.4 Å². The van der Waals surface area contributed by atoms with Crippen LogP contribution in [-0.2, 0) is 4.74 Å². The summed E-state index contributed by atoms with van der Waals surface area (Å²) >= 11 is 0. The minimum absolute atomic E-state index is 0.288. The Labute approximate surface area is 120 Å². The number of anilines is 2. The van der Waals surface area contributed by atoms with Crippen LogP contribution in [0.3, 0.4) is 0 Å². The summed E-state index contributed by atoms with van der Waals surface area (Å²) < 4.78 is 5.06. The van der Waals surface area contributed by atoms with Crippen molar-refractivity contribution in [3.05, 3.63) is 23.8 Å². The van der Waals surface area contributed by atoms with Gasteiger partial charge in [0, 0.05) is 12.6 Å². The molecule has 1 aliphatic rings. The number of hydrogen-bond donors (Lipinski definition) is 1. The van der Waals surface area contributed by atoms with Gasteiger partial charge in [-0.2, -0.15) is 0 Å². The normalized spacial score (nSPS) is 14.4. The Morgan fingerprint density at radius 3 is 2.70 bits per heavy atom. The van der Waals surface area contributed by atoms with Crippen LogP contribution in [0.15, 0.2) is 18.2 Å². The van der Waals surface area contributed by atoms with Gasteiger partial charge < -0.3 is 15.4 Å². The molecule has 0 heterocycles. The Morgan fingerprint density at radius 1 is 1.45 bits per heavy atom. The van der Waals surface area contributed by atoms with E-state index >= 15 is 0 Å². The lowest BCUT2D eigenvalue weighted by molar-refractivity contribution is 0.0526. The van der Waals surface area contributed by atoms with Crippen LogP contribution in [0, 0.1) is 5.92 Å². The van der Waals surface area contributed by atoms with Gasteiger partial charge in [-0.15, -0.1) is 0 Å². The standard InChI is InChI=1S/C16H24N2O2/c1-4-20-16(19)13-7-8-14(17)15(9-13)18(11(2)3)10-12-5-6-12/h7-9,11-12H,4-6,10,17H2,1-3H3. The van der Waals surface area contributed by atoms with Gasteiger partial charge in [-0.05, 0) is 57.7 Å². The van der Waals surface area contributed by atoms with Gasteiger partial charge >= 0.3 is 5.97 Å². The topological polar surface area (TPSA) is 55.6 Å². The molecule has 0 spiro atoms. The predicted molar refractivity (Wildman–Crippen MR) is 82.0 cm³/mol. The van der Waals surface area contributed by atoms with E-state index in [4.69, 9.17) is 10.5 Å². The van der Waals surface area contributed by atoms with Crippen LogP contribution in [0.25, 0.3) is 0 Å². The van der Waals surface area contributed by atoms with Gasteiger partial charge in [-0.25, -0.2) is 4.79 Å². The van der Waals surface area contributed by atoms with Crippen molar-refractivity contribution in [2.75, 3.05) is 23.8 Å². The first kappa shape index (κ1) is 14.7. The lowest BCUT2D eigenvalue weighted by Gasteiger charge is -2.30. The molecule has 0 aromatic heterocycles. The third kappa shape index (κ3) is 3.44. The largest absolute Gasteiger partial charge is 0.462 e. The number of rotatable bonds is 6. The highest BCUT2D eigenvalue weighted by molar-refractivity contribution is 5.92. The summed E-state index contributed by atoms with van der Waals surface area (Å²) in [4.78, 5) is 14.1. The molecule has 0 radical (unpaired) electrons. The van der Waals surface area contributed by atoms with Gasteiger partial charge in [0.05, 0.1) is 23.5 Å². The highest BCUT2D eigenvalue weighted by atomic mass is 16.5. The van der Waals surface area contributed by atoms with Crippen LogP contribution in [0.5, 0.6) is 0 Å². The van der Waals surface area contributed by atoms with Crippen molar-refractivity contribution in [3.63, 3.8) is 0 Å². The SMILES string of the molecule is CCOC(=O)c1ccc(N)c(N(CC2CC2)C(C)C)c1. The second-order valence-electron chi connectivity index (χ2n) is 5.68. The molecule has 0 amide bonds. The highest BCUT2D eigenvalue weighted by Gasteiger charge is 2.27. The van der Waals surface area contributed by atoms with Crippen molar-refractivity contribution in [1.82, 2.24) is 0 Å². The molecule has 1 aromatic rings. The summed E-state index contributed by atoms with van der Waals surface area (Å²) in [5.41, 5.74) is 8.33. The molecular formula is C16H24N2O2. The first-order valence-corrected chi connectivity index (χ1v) is 7.36. The Morgan fingerprint density at radius 2 is 2.15 bits per heavy atom. The Kier molecular flexibility index (Phi) is 4.53. The maximum atomic E-state index is 11.9. The van der Waals surface area contributed by atoms with Gasteiger partial charge in [0.25, 0.3) is 0 Å². The van der Waals surface area contributed by atoms with Gasteiger partial charge in [-0.3, -0.25) is 0 Å². The number of ether oxygens (including phenoxy) is 1. The van der Waals surface area contributed by atoms with Gasteiger partial charge in [0.1, 0.15) is 0 Å². The lowest BCUT2D eigenvalue weighted by atomic mass is 10.1. The minimum Gasteiger partial charge on any atom is -0.462 e. The van der Waals surface area contributed by atoms with Gasteiger partial charge in [-0.1, -0.05) is 0 Å². The van der Waals surface area contributed by atoms with Crippen LogP contribution >= 0.6 is 0 Å². The Balaban J connectivity index is 2.27. The molecule has 4 heteroatoms. The molecule has 2 N–H and O–H groups in total. The average molecular weight is 276 g/mol. The zero-order valence-electron chi connectivity index (χ0n) is 12.6. The Hall–Kier alpha value is -1.71. The maximum Gasteiger partial charge on any atom is 0.338 e. The molecule has 1 fully saturated rings. The molecule has 2 rings (SSSR count). The quantitative estimate of drug-likeness (QED) is 0.641. The zero-order valence-corrected chi connectivity index (χ0v) is 12.6. The molecule has 4 nitrogen and oxygen atoms in total. The molecule has 20 heavy (non-hydrogen) atoms. The number of benzene rings is 1. The zero-order chi connectivity index (χ0) is 14.7. The molecule has 1 aromatic carbocycles. The van der Waals surface area contributed by atoms with Gasteiger partial charge in [0.15, 0.2) is 0 Å². The van der Waals surface area contributed by atoms with Crippen LogP contribution < -0.4 is 10.6 Å². The molecule has 1 aliphatic carbocycles. The smallest absolute Gasteiger partial charge is 0.338 e. The predicted octanol–water partition coefficient (Wildman–Crippen LogP) is 3.07. The van der Waals surface area contributed by atoms with E-state index in [1.165, 1.54) is 12.8 Å². The number of nitrogen functional groups attached to an aromatic ring is 1. The second kappa shape index (κ2) is 6.16. The number of esters is 1. The number of nitrogens with zero attached hydrogens (tertiary/aromatic N) is 1. The number of carbonyl (C=O) groups is 1. The van der Waals surface area contributed by atoms with E-state index in [1.807, 2.05) is 13.0 Å². The van der Waals surface area contributed by atoms with Crippen molar-refractivity contribution in [1.29, 1.82) is 0 Å². The van der Waals surface area contributed by atoms with Crippen molar-refractivity contribution in [2.45, 2.75) is 39.7 Å². The van der Waals surface area contributed by atoms with Gasteiger partial charge in [0.2, 0.25) is 0 Å². The van der Waals surface area contributed by atoms with Crippen molar-refractivity contribution < 1.29 is 9.53 Å². The summed E-state index contributed by atoms with van der Waals surface area (Å²) in [6, 6.07) is 5.74. The lowest BCUT2D eigenvalue weighted by Crippen LogP contribution is -2.33. The van der Waals surface area contributed by atoms with Crippen molar-refractivity contribution in [3.8, 4) is 0 Å². The second-order valence-corrected chi connectivity index (χ2v) is 5.68. The number of nitrogens with two attached hydrogens (primary N) is 1. The van der Waals surface area contributed by atoms with E-state index in [0.717, 1.165) is 18.2 Å².